The zero-order valence-electron chi connectivity index (χ0n) is 12.7. The van der Waals surface area contributed by atoms with Crippen LogP contribution in [-0.2, 0) is 30.3 Å². The van der Waals surface area contributed by atoms with Crippen LogP contribution in [0.4, 0.5) is 0 Å². The molecule has 0 radical (unpaired) electrons. The topological polar surface area (TPSA) is 51.5 Å². The molecule has 0 bridgehead atoms. The molecule has 6 heteroatoms. The molecule has 6 atom stereocenters. The van der Waals surface area contributed by atoms with Gasteiger partial charge in [0.15, 0.2) is 9.03 Å². The van der Waals surface area contributed by atoms with Crippen molar-refractivity contribution < 1.29 is 30.3 Å². The van der Waals surface area contributed by atoms with E-state index in [1.54, 1.807) is 0 Å². The maximum Gasteiger partial charge on any atom is 0.155 e. The van der Waals surface area contributed by atoms with Gasteiger partial charge in [-0.3, -0.25) is 0 Å². The zero-order valence-corrected chi connectivity index (χ0v) is 14.7. The Morgan fingerprint density at radius 3 is 2.35 bits per heavy atom. The normalized spacial score (nSPS) is 33.9. The fraction of sp³-hybridized carbons (Fsp3) is 0.929. The van der Waals surface area contributed by atoms with E-state index in [2.05, 4.69) is 27.7 Å². The van der Waals surface area contributed by atoms with Crippen molar-refractivity contribution in [3.63, 3.8) is 0 Å². The molecular formula is C14H26NNiO3P. The second-order valence-corrected chi connectivity index (χ2v) is 6.09. The Labute approximate surface area is 134 Å². The molecule has 0 amide bonds. The van der Waals surface area contributed by atoms with Gasteiger partial charge in [0.05, 0.1) is 37.9 Å². The summed E-state index contributed by atoms with van der Waals surface area (Å²) in [5.74, 6) is 1.75. The van der Waals surface area contributed by atoms with E-state index in [-0.39, 0.29) is 31.6 Å². The fourth-order valence-electron chi connectivity index (χ4n) is 2.58. The second-order valence-electron chi connectivity index (χ2n) is 5.35. The molecule has 0 spiro atoms. The summed E-state index contributed by atoms with van der Waals surface area (Å²) < 4.78 is 16.9. The first-order valence-electron chi connectivity index (χ1n) is 7.12. The molecule has 1 saturated heterocycles. The predicted molar refractivity (Wildman–Crippen MR) is 76.9 cm³/mol. The summed E-state index contributed by atoms with van der Waals surface area (Å²) >= 11 is 0. The molecule has 4 nitrogen and oxygen atoms in total. The van der Waals surface area contributed by atoms with Crippen LogP contribution in [-0.4, -0.2) is 25.4 Å². The van der Waals surface area contributed by atoms with Gasteiger partial charge in [0.25, 0.3) is 0 Å². The van der Waals surface area contributed by atoms with Crippen LogP contribution in [0.1, 0.15) is 40.5 Å². The molecule has 0 aromatic heterocycles. The molecule has 0 N–H and O–H groups in total. The molecule has 0 aromatic carbocycles. The van der Waals surface area contributed by atoms with Crippen LogP contribution < -0.4 is 0 Å². The molecule has 1 fully saturated rings. The number of ether oxygens (including phenoxy) is 1. The summed E-state index contributed by atoms with van der Waals surface area (Å²) in [4.78, 5) is 0. The number of rotatable bonds is 7. The summed E-state index contributed by atoms with van der Waals surface area (Å²) in [5.41, 5.74) is 0. The Kier molecular flexibility index (Phi) is 11.1. The molecule has 3 unspecified atom stereocenters. The SMILES string of the molecule is CC[C@H]1O[C@@H](COPOCCC#N)C(C)[C@@H](C)C1C.[Ni]. The molecule has 1 rings (SSSR count). The largest absolute Gasteiger partial charge is 0.372 e. The Morgan fingerprint density at radius 2 is 1.75 bits per heavy atom. The van der Waals surface area contributed by atoms with Gasteiger partial charge < -0.3 is 13.8 Å². The maximum absolute atomic E-state index is 8.38. The standard InChI is InChI=1S/C14H26NO3P.Ni/c1-5-13-11(3)10(2)12(4)14(18-13)9-17-19-16-8-6-7-15;/h10-14,19H,5-6,8-9H2,1-4H3;/t10-,11?,12?,13+,14-;/m0./s1. The molecule has 1 aliphatic heterocycles. The summed E-state index contributed by atoms with van der Waals surface area (Å²) in [7, 11) is 0.00383. The average Bonchev–Trinajstić information content (AvgIpc) is 2.42. The first-order valence-corrected chi connectivity index (χ1v) is 7.94. The van der Waals surface area contributed by atoms with E-state index in [9.17, 15) is 0 Å². The summed E-state index contributed by atoms with van der Waals surface area (Å²) in [5, 5.41) is 8.38. The van der Waals surface area contributed by atoms with Crippen molar-refractivity contribution in [3.8, 4) is 6.07 Å². The first kappa shape index (κ1) is 20.3. The Morgan fingerprint density at radius 1 is 1.10 bits per heavy atom. The van der Waals surface area contributed by atoms with Crippen molar-refractivity contribution in [3.05, 3.63) is 0 Å². The van der Waals surface area contributed by atoms with Crippen molar-refractivity contribution in [1.29, 1.82) is 5.26 Å². The van der Waals surface area contributed by atoms with Crippen LogP contribution in [0.15, 0.2) is 0 Å². The van der Waals surface area contributed by atoms with Crippen LogP contribution in [0.2, 0.25) is 0 Å². The summed E-state index contributed by atoms with van der Waals surface area (Å²) in [6, 6.07) is 2.04. The van der Waals surface area contributed by atoms with Gasteiger partial charge in [0, 0.05) is 16.5 Å². The monoisotopic (exact) mass is 345 g/mol. The molecule has 1 aliphatic rings. The van der Waals surface area contributed by atoms with Crippen molar-refractivity contribution in [2.45, 2.75) is 52.7 Å². The van der Waals surface area contributed by atoms with Crippen LogP contribution in [0.25, 0.3) is 0 Å². The Bertz CT molecular complexity index is 299. The Hall–Kier alpha value is 0.294. The van der Waals surface area contributed by atoms with Crippen LogP contribution in [0, 0.1) is 29.1 Å². The van der Waals surface area contributed by atoms with E-state index in [1.165, 1.54) is 0 Å². The van der Waals surface area contributed by atoms with Crippen LogP contribution in [0.5, 0.6) is 0 Å². The molecule has 0 aliphatic carbocycles. The minimum atomic E-state index is 0. The van der Waals surface area contributed by atoms with Gasteiger partial charge in [-0.25, -0.2) is 0 Å². The molecule has 20 heavy (non-hydrogen) atoms. The first-order chi connectivity index (χ1) is 9.11. The zero-order chi connectivity index (χ0) is 14.3. The van der Waals surface area contributed by atoms with Gasteiger partial charge in [-0.15, -0.1) is 0 Å². The number of hydrogen-bond acceptors (Lipinski definition) is 4. The van der Waals surface area contributed by atoms with Crippen molar-refractivity contribution in [2.75, 3.05) is 13.2 Å². The van der Waals surface area contributed by atoms with Crippen molar-refractivity contribution >= 4 is 9.03 Å². The van der Waals surface area contributed by atoms with E-state index < -0.39 is 0 Å². The second kappa shape index (κ2) is 10.9. The molecule has 0 aromatic rings. The van der Waals surface area contributed by atoms with E-state index in [0.29, 0.717) is 43.5 Å². The average molecular weight is 346 g/mol. The van der Waals surface area contributed by atoms with Gasteiger partial charge in [-0.2, -0.15) is 5.26 Å². The third kappa shape index (κ3) is 5.96. The molecule has 1 heterocycles. The van der Waals surface area contributed by atoms with E-state index in [1.807, 2.05) is 6.07 Å². The molecular weight excluding hydrogens is 320 g/mol. The van der Waals surface area contributed by atoms with Gasteiger partial charge in [-0.1, -0.05) is 27.7 Å². The smallest absolute Gasteiger partial charge is 0.155 e. The van der Waals surface area contributed by atoms with Crippen molar-refractivity contribution in [1.82, 2.24) is 0 Å². The summed E-state index contributed by atoms with van der Waals surface area (Å²) in [6.45, 7) is 10.0. The van der Waals surface area contributed by atoms with Gasteiger partial charge in [0.2, 0.25) is 0 Å². The maximum atomic E-state index is 8.38. The molecule has 120 valence electrons. The van der Waals surface area contributed by atoms with Crippen molar-refractivity contribution in [2.24, 2.45) is 17.8 Å². The van der Waals surface area contributed by atoms with E-state index >= 15 is 0 Å². The quantitative estimate of drug-likeness (QED) is 0.402. The third-order valence-corrected chi connectivity index (χ3v) is 4.87. The number of nitrogens with zero attached hydrogens (tertiary/aromatic N) is 1. The van der Waals surface area contributed by atoms with Gasteiger partial charge in [-0.05, 0) is 24.2 Å². The number of nitriles is 1. The number of hydrogen-bond donors (Lipinski definition) is 0. The third-order valence-electron chi connectivity index (χ3n) is 4.26. The molecule has 0 saturated carbocycles. The predicted octanol–water partition coefficient (Wildman–Crippen LogP) is 3.52. The summed E-state index contributed by atoms with van der Waals surface area (Å²) in [6.07, 6.45) is 1.96. The van der Waals surface area contributed by atoms with Crippen LogP contribution >= 0.6 is 9.03 Å². The van der Waals surface area contributed by atoms with Gasteiger partial charge in [0.1, 0.15) is 0 Å². The van der Waals surface area contributed by atoms with E-state index in [4.69, 9.17) is 19.0 Å². The van der Waals surface area contributed by atoms with Crippen LogP contribution in [0.3, 0.4) is 0 Å². The minimum absolute atomic E-state index is 0. The fourth-order valence-corrected chi connectivity index (χ4v) is 3.08. The minimum Gasteiger partial charge on any atom is -0.372 e. The van der Waals surface area contributed by atoms with E-state index in [0.717, 1.165) is 6.42 Å². The van der Waals surface area contributed by atoms with Gasteiger partial charge >= 0.3 is 0 Å². The Balaban J connectivity index is 0.00000361.